The van der Waals surface area contributed by atoms with Crippen molar-refractivity contribution in [2.24, 2.45) is 5.92 Å². The van der Waals surface area contributed by atoms with Crippen LogP contribution in [0.4, 0.5) is 4.79 Å². The Bertz CT molecular complexity index is 1000. The molecule has 2 heterocycles. The van der Waals surface area contributed by atoms with Gasteiger partial charge in [-0.05, 0) is 29.7 Å². The van der Waals surface area contributed by atoms with Gasteiger partial charge in [-0.2, -0.15) is 0 Å². The van der Waals surface area contributed by atoms with Crippen LogP contribution in [0.1, 0.15) is 23.2 Å². The van der Waals surface area contributed by atoms with Crippen molar-refractivity contribution in [2.75, 3.05) is 32.8 Å². The summed E-state index contributed by atoms with van der Waals surface area (Å²) in [6.45, 7) is 1.01. The lowest BCUT2D eigenvalue weighted by atomic mass is 9.96. The van der Waals surface area contributed by atoms with Crippen LogP contribution in [0, 0.1) is 5.92 Å². The van der Waals surface area contributed by atoms with Crippen LogP contribution in [-0.2, 0) is 14.3 Å². The number of imide groups is 1. The number of fused-ring (bicyclic) bond motifs is 1. The Morgan fingerprint density at radius 3 is 2.67 bits per heavy atom. The summed E-state index contributed by atoms with van der Waals surface area (Å²) in [6.07, 6.45) is 1.27. The van der Waals surface area contributed by atoms with Gasteiger partial charge in [0, 0.05) is 31.7 Å². The molecule has 4 amide bonds. The second-order valence-electron chi connectivity index (χ2n) is 7.50. The molecule has 2 fully saturated rings. The number of ether oxygens (including phenoxy) is 1. The molecule has 0 bridgehead atoms. The third-order valence-corrected chi connectivity index (χ3v) is 5.56. The number of piperidine rings is 1. The van der Waals surface area contributed by atoms with E-state index in [4.69, 9.17) is 4.74 Å². The fourth-order valence-electron chi connectivity index (χ4n) is 3.97. The zero-order chi connectivity index (χ0) is 21.1. The molecular weight excluding hydrogens is 386 g/mol. The van der Waals surface area contributed by atoms with E-state index in [0.717, 1.165) is 15.7 Å². The van der Waals surface area contributed by atoms with Gasteiger partial charge in [0.05, 0.1) is 5.92 Å². The van der Waals surface area contributed by atoms with Crippen LogP contribution in [0.3, 0.4) is 0 Å². The summed E-state index contributed by atoms with van der Waals surface area (Å²) in [5.74, 6) is -1.66. The number of likely N-dealkylation sites (tertiary alicyclic amines) is 1. The lowest BCUT2D eigenvalue weighted by Gasteiger charge is -2.32. The molecule has 2 aromatic rings. The summed E-state index contributed by atoms with van der Waals surface area (Å²) in [4.78, 5) is 51.9. The first-order valence-electron chi connectivity index (χ1n) is 10.1. The molecule has 0 aromatic heterocycles. The first-order valence-corrected chi connectivity index (χ1v) is 10.1. The molecule has 0 aliphatic carbocycles. The molecule has 1 unspecified atom stereocenters. The van der Waals surface area contributed by atoms with Crippen molar-refractivity contribution in [2.45, 2.75) is 12.8 Å². The van der Waals surface area contributed by atoms with Gasteiger partial charge in [-0.15, -0.1) is 0 Å². The number of carbonyl (C=O) groups excluding carboxylic acids is 4. The number of hydrogen-bond donors (Lipinski definition) is 1. The topological polar surface area (TPSA) is 96.0 Å². The highest BCUT2D eigenvalue weighted by atomic mass is 16.5. The highest BCUT2D eigenvalue weighted by Gasteiger charge is 2.32. The Hall–Kier alpha value is -3.42. The Labute approximate surface area is 173 Å². The second-order valence-corrected chi connectivity index (χ2v) is 7.50. The van der Waals surface area contributed by atoms with E-state index in [1.54, 1.807) is 11.0 Å². The maximum absolute atomic E-state index is 13.1. The molecule has 4 rings (SSSR count). The van der Waals surface area contributed by atoms with Crippen molar-refractivity contribution in [1.29, 1.82) is 0 Å². The zero-order valence-electron chi connectivity index (χ0n) is 16.5. The Morgan fingerprint density at radius 2 is 1.87 bits per heavy atom. The highest BCUT2D eigenvalue weighted by molar-refractivity contribution is 6.07. The fraction of sp³-hybridized carbons (Fsp3) is 0.364. The van der Waals surface area contributed by atoms with Gasteiger partial charge in [0.25, 0.3) is 11.8 Å². The van der Waals surface area contributed by atoms with E-state index in [9.17, 15) is 19.2 Å². The van der Waals surface area contributed by atoms with Crippen LogP contribution < -0.4 is 5.32 Å². The monoisotopic (exact) mass is 409 g/mol. The van der Waals surface area contributed by atoms with Crippen molar-refractivity contribution in [1.82, 2.24) is 15.1 Å². The number of rotatable bonds is 4. The minimum atomic E-state index is -0.544. The maximum atomic E-state index is 13.1. The number of nitrogens with zero attached hydrogens (tertiary/aromatic N) is 2. The maximum Gasteiger partial charge on any atom is 0.324 e. The van der Waals surface area contributed by atoms with Crippen molar-refractivity contribution in [3.05, 3.63) is 48.0 Å². The van der Waals surface area contributed by atoms with Gasteiger partial charge >= 0.3 is 12.0 Å². The zero-order valence-corrected chi connectivity index (χ0v) is 16.5. The summed E-state index contributed by atoms with van der Waals surface area (Å²) in [5, 5.41) is 4.40. The lowest BCUT2D eigenvalue weighted by molar-refractivity contribution is -0.155. The lowest BCUT2D eigenvalue weighted by Crippen LogP contribution is -2.43. The van der Waals surface area contributed by atoms with Crippen molar-refractivity contribution < 1.29 is 23.9 Å². The van der Waals surface area contributed by atoms with Crippen LogP contribution in [0.15, 0.2) is 42.5 Å². The van der Waals surface area contributed by atoms with E-state index in [0.29, 0.717) is 31.5 Å². The molecule has 8 heteroatoms. The molecule has 0 radical (unpaired) electrons. The van der Waals surface area contributed by atoms with Crippen LogP contribution in [0.5, 0.6) is 0 Å². The molecule has 2 aromatic carbocycles. The third kappa shape index (κ3) is 3.98. The molecule has 8 nitrogen and oxygen atoms in total. The van der Waals surface area contributed by atoms with Crippen molar-refractivity contribution in [3.8, 4) is 0 Å². The largest absolute Gasteiger partial charge is 0.455 e. The smallest absolute Gasteiger partial charge is 0.324 e. The van der Waals surface area contributed by atoms with E-state index in [-0.39, 0.29) is 19.0 Å². The third-order valence-electron chi connectivity index (χ3n) is 5.56. The average molecular weight is 409 g/mol. The summed E-state index contributed by atoms with van der Waals surface area (Å²) in [5.41, 5.74) is 0.609. The van der Waals surface area contributed by atoms with Gasteiger partial charge in [0.15, 0.2) is 6.61 Å². The van der Waals surface area contributed by atoms with Gasteiger partial charge in [0.2, 0.25) is 0 Å². The average Bonchev–Trinajstić information content (AvgIpc) is 3.22. The van der Waals surface area contributed by atoms with Gasteiger partial charge in [-0.1, -0.05) is 36.4 Å². The molecule has 30 heavy (non-hydrogen) atoms. The predicted octanol–water partition coefficient (Wildman–Crippen LogP) is 1.79. The Kier molecular flexibility index (Phi) is 5.65. The molecule has 2 saturated heterocycles. The molecule has 2 aliphatic rings. The van der Waals surface area contributed by atoms with E-state index >= 15 is 0 Å². The van der Waals surface area contributed by atoms with Crippen molar-refractivity contribution in [3.63, 3.8) is 0 Å². The van der Waals surface area contributed by atoms with Crippen LogP contribution >= 0.6 is 0 Å². The SMILES string of the molecule is O=C(OCC(=O)N1CCNC1=O)C1CCCN(C(=O)c2cccc3ccccc23)C1. The Morgan fingerprint density at radius 1 is 1.07 bits per heavy atom. The van der Waals surface area contributed by atoms with Gasteiger partial charge < -0.3 is 15.0 Å². The molecule has 0 spiro atoms. The van der Waals surface area contributed by atoms with Crippen LogP contribution in [0.2, 0.25) is 0 Å². The number of hydrogen-bond acceptors (Lipinski definition) is 5. The highest BCUT2D eigenvalue weighted by Crippen LogP contribution is 2.24. The van der Waals surface area contributed by atoms with E-state index in [2.05, 4.69) is 5.32 Å². The van der Waals surface area contributed by atoms with Gasteiger partial charge in [-0.3, -0.25) is 19.3 Å². The quantitative estimate of drug-likeness (QED) is 0.777. The number of amides is 4. The molecule has 2 aliphatic heterocycles. The fourth-order valence-corrected chi connectivity index (χ4v) is 3.97. The van der Waals surface area contributed by atoms with Gasteiger partial charge in [0.1, 0.15) is 0 Å². The summed E-state index contributed by atoms with van der Waals surface area (Å²) in [7, 11) is 0. The molecule has 0 saturated carbocycles. The van der Waals surface area contributed by atoms with Crippen LogP contribution in [-0.4, -0.2) is 66.4 Å². The van der Waals surface area contributed by atoms with E-state index in [1.807, 2.05) is 36.4 Å². The number of carbonyl (C=O) groups is 4. The minimum Gasteiger partial charge on any atom is -0.455 e. The van der Waals surface area contributed by atoms with Gasteiger partial charge in [-0.25, -0.2) is 4.79 Å². The summed E-state index contributed by atoms with van der Waals surface area (Å²) < 4.78 is 5.16. The number of benzene rings is 2. The number of esters is 1. The standard InChI is InChI=1S/C22H23N3O5/c26-19(25-12-10-23-22(25)29)14-30-21(28)16-7-4-11-24(13-16)20(27)18-9-3-6-15-5-1-2-8-17(15)18/h1-3,5-6,8-9,16H,4,7,10-14H2,(H,23,29). The normalized spacial score (nSPS) is 18.9. The summed E-state index contributed by atoms with van der Waals surface area (Å²) >= 11 is 0. The van der Waals surface area contributed by atoms with Crippen molar-refractivity contribution >= 4 is 34.6 Å². The second kappa shape index (κ2) is 8.52. The molecular formula is C22H23N3O5. The Balaban J connectivity index is 1.39. The minimum absolute atomic E-state index is 0.117. The molecule has 156 valence electrons. The first-order chi connectivity index (χ1) is 14.5. The number of urea groups is 1. The first kappa shape index (κ1) is 19.9. The van der Waals surface area contributed by atoms with E-state index < -0.39 is 30.4 Å². The molecule has 1 N–H and O–H groups in total. The molecule has 1 atom stereocenters. The summed E-state index contributed by atoms with van der Waals surface area (Å²) in [6, 6.07) is 12.8. The van der Waals surface area contributed by atoms with Crippen LogP contribution in [0.25, 0.3) is 10.8 Å². The van der Waals surface area contributed by atoms with E-state index in [1.165, 1.54) is 0 Å². The number of nitrogens with one attached hydrogen (secondary N) is 1. The predicted molar refractivity (Wildman–Crippen MR) is 109 cm³/mol.